The van der Waals surface area contributed by atoms with Crippen molar-refractivity contribution in [3.05, 3.63) is 0 Å². The molecule has 0 aliphatic carbocycles. The number of hydrogen-bond donors (Lipinski definition) is 0. The number of ether oxygens (including phenoxy) is 3. The van der Waals surface area contributed by atoms with Gasteiger partial charge in [-0.2, -0.15) is 4.90 Å². The minimum absolute atomic E-state index is 0.206. The van der Waals surface area contributed by atoms with E-state index in [1.165, 1.54) is 6.92 Å². The highest BCUT2D eigenvalue weighted by atomic mass is 79.9. The quantitative estimate of drug-likeness (QED) is 0.215. The second kappa shape index (κ2) is 11.9. The molecule has 2 atom stereocenters. The van der Waals surface area contributed by atoms with Crippen LogP contribution in [0.3, 0.4) is 0 Å². The first-order chi connectivity index (χ1) is 13.6. The van der Waals surface area contributed by atoms with E-state index in [0.29, 0.717) is 24.6 Å². The average molecular weight is 494 g/mol. The summed E-state index contributed by atoms with van der Waals surface area (Å²) in [5, 5.41) is 0.596. The second-order valence-corrected chi connectivity index (χ2v) is 10.4. The Balaban J connectivity index is 6.21. The Morgan fingerprint density at radius 1 is 0.900 bits per heavy atom. The van der Waals surface area contributed by atoms with E-state index < -0.39 is 34.9 Å². The van der Waals surface area contributed by atoms with E-state index >= 15 is 0 Å². The number of imide groups is 1. The number of halogens is 1. The minimum atomic E-state index is -1.57. The number of rotatable bonds is 9. The van der Waals surface area contributed by atoms with Gasteiger partial charge < -0.3 is 14.2 Å². The number of hydrogen-bond acceptors (Lipinski definition) is 6. The van der Waals surface area contributed by atoms with Gasteiger partial charge in [-0.15, -0.1) is 0 Å². The summed E-state index contributed by atoms with van der Waals surface area (Å²) in [6, 6.07) is 0. The third-order valence-corrected chi connectivity index (χ3v) is 4.78. The predicted octanol–water partition coefficient (Wildman–Crippen LogP) is 6.21. The third-order valence-electron chi connectivity index (χ3n) is 4.22. The maximum atomic E-state index is 13.3. The first-order valence-corrected chi connectivity index (χ1v) is 11.8. The van der Waals surface area contributed by atoms with Crippen LogP contribution in [0.25, 0.3) is 0 Å². The molecule has 0 saturated carbocycles. The van der Waals surface area contributed by atoms with Gasteiger partial charge in [0, 0.05) is 5.33 Å². The Kier molecular flexibility index (Phi) is 11.4. The Bertz CT molecular complexity index is 553. The van der Waals surface area contributed by atoms with Crippen LogP contribution in [0, 0.1) is 0 Å². The van der Waals surface area contributed by atoms with Crippen LogP contribution in [0.5, 0.6) is 0 Å². The molecule has 7 nitrogen and oxygen atoms in total. The van der Waals surface area contributed by atoms with Crippen molar-refractivity contribution in [2.24, 2.45) is 0 Å². The minimum Gasteiger partial charge on any atom is -0.461 e. The number of alkyl halides is 1. The van der Waals surface area contributed by atoms with Crippen molar-refractivity contribution in [3.63, 3.8) is 0 Å². The van der Waals surface area contributed by atoms with Gasteiger partial charge in [0.05, 0.1) is 0 Å². The van der Waals surface area contributed by atoms with Gasteiger partial charge in [0.25, 0.3) is 0 Å². The van der Waals surface area contributed by atoms with Gasteiger partial charge in [0.1, 0.15) is 17.3 Å². The molecule has 2 amide bonds. The summed E-state index contributed by atoms with van der Waals surface area (Å²) in [5.74, 6) is -0.638. The fourth-order valence-electron chi connectivity index (χ4n) is 2.76. The molecule has 0 heterocycles. The van der Waals surface area contributed by atoms with Crippen LogP contribution in [0.2, 0.25) is 0 Å². The lowest BCUT2D eigenvalue weighted by Crippen LogP contribution is -2.60. The molecule has 0 rings (SSSR count). The predicted molar refractivity (Wildman–Crippen MR) is 121 cm³/mol. The van der Waals surface area contributed by atoms with Gasteiger partial charge in [0.2, 0.25) is 0 Å². The first kappa shape index (κ1) is 28.7. The zero-order valence-corrected chi connectivity index (χ0v) is 21.7. The SMILES string of the molecule is CCCC(CC)OC(=O)C(C)(CCCBr)N(C(=O)OC(C)(C)C)C(=O)OC(C)(C)C. The van der Waals surface area contributed by atoms with Gasteiger partial charge in [0.15, 0.2) is 5.54 Å². The lowest BCUT2D eigenvalue weighted by atomic mass is 9.94. The molecule has 0 spiro atoms. The van der Waals surface area contributed by atoms with Gasteiger partial charge in [-0.1, -0.05) is 36.2 Å². The van der Waals surface area contributed by atoms with Gasteiger partial charge in [-0.25, -0.2) is 14.4 Å². The Labute approximate surface area is 190 Å². The highest BCUT2D eigenvalue weighted by molar-refractivity contribution is 9.09. The maximum Gasteiger partial charge on any atom is 0.420 e. The molecule has 0 radical (unpaired) electrons. The summed E-state index contributed by atoms with van der Waals surface area (Å²) in [6.07, 6.45) is 0.790. The first-order valence-electron chi connectivity index (χ1n) is 10.6. The van der Waals surface area contributed by atoms with Crippen LogP contribution < -0.4 is 0 Å². The highest BCUT2D eigenvalue weighted by Crippen LogP contribution is 2.29. The van der Waals surface area contributed by atoms with Crippen LogP contribution in [-0.2, 0) is 19.0 Å². The van der Waals surface area contributed by atoms with Crippen molar-refractivity contribution in [1.82, 2.24) is 4.90 Å². The van der Waals surface area contributed by atoms with Crippen molar-refractivity contribution in [3.8, 4) is 0 Å². The van der Waals surface area contributed by atoms with Gasteiger partial charge in [-0.3, -0.25) is 0 Å². The summed E-state index contributed by atoms with van der Waals surface area (Å²) < 4.78 is 16.6. The maximum absolute atomic E-state index is 13.3. The lowest BCUT2D eigenvalue weighted by molar-refractivity contribution is -0.163. The number of esters is 1. The number of carbonyl (C=O) groups excluding carboxylic acids is 3. The monoisotopic (exact) mass is 493 g/mol. The molecule has 0 aromatic heterocycles. The molecule has 0 aliphatic rings. The van der Waals surface area contributed by atoms with E-state index in [1.54, 1.807) is 41.5 Å². The Hall–Kier alpha value is -1.31. The summed E-state index contributed by atoms with van der Waals surface area (Å²) in [4.78, 5) is 40.2. The van der Waals surface area contributed by atoms with Crippen LogP contribution in [0.1, 0.15) is 94.4 Å². The molecule has 0 aliphatic heterocycles. The molecule has 8 heteroatoms. The Morgan fingerprint density at radius 2 is 1.37 bits per heavy atom. The number of amides is 2. The van der Waals surface area contributed by atoms with E-state index in [0.717, 1.165) is 11.3 Å². The molecular weight excluding hydrogens is 454 g/mol. The summed E-state index contributed by atoms with van der Waals surface area (Å²) in [6.45, 7) is 15.6. The van der Waals surface area contributed by atoms with Crippen LogP contribution in [0.4, 0.5) is 9.59 Å². The van der Waals surface area contributed by atoms with Crippen molar-refractivity contribution in [1.29, 1.82) is 0 Å². The normalized spacial score (nSPS) is 15.0. The zero-order valence-electron chi connectivity index (χ0n) is 20.1. The van der Waals surface area contributed by atoms with Crippen LogP contribution in [0.15, 0.2) is 0 Å². The number of carbonyl (C=O) groups is 3. The summed E-state index contributed by atoms with van der Waals surface area (Å²) >= 11 is 3.36. The standard InChI is InChI=1S/C22H40BrNO6/c1-10-13-16(11-2)28-17(25)22(9,14-12-15-23)24(18(26)29-20(3,4)5)19(27)30-21(6,7)8/h16H,10-15H2,1-9H3. The smallest absolute Gasteiger partial charge is 0.420 e. The average Bonchev–Trinajstić information content (AvgIpc) is 2.56. The van der Waals surface area contributed by atoms with Crippen LogP contribution in [-0.4, -0.2) is 51.2 Å². The van der Waals surface area contributed by atoms with Crippen molar-refractivity contribution < 1.29 is 28.6 Å². The van der Waals surface area contributed by atoms with E-state index in [4.69, 9.17) is 14.2 Å². The van der Waals surface area contributed by atoms with Crippen molar-refractivity contribution in [2.45, 2.75) is 117 Å². The highest BCUT2D eigenvalue weighted by Gasteiger charge is 2.50. The van der Waals surface area contributed by atoms with E-state index in [1.807, 2.05) is 13.8 Å². The second-order valence-electron chi connectivity index (χ2n) is 9.59. The molecule has 0 aromatic rings. The van der Waals surface area contributed by atoms with E-state index in [-0.39, 0.29) is 12.5 Å². The molecule has 176 valence electrons. The molecular formula is C22H40BrNO6. The summed E-state index contributed by atoms with van der Waals surface area (Å²) in [7, 11) is 0. The molecule has 0 fully saturated rings. The third kappa shape index (κ3) is 9.67. The largest absolute Gasteiger partial charge is 0.461 e. The van der Waals surface area contributed by atoms with E-state index in [2.05, 4.69) is 15.9 Å². The summed E-state index contributed by atoms with van der Waals surface area (Å²) in [5.41, 5.74) is -3.28. The molecule has 0 bridgehead atoms. The lowest BCUT2D eigenvalue weighted by Gasteiger charge is -2.39. The molecule has 2 unspecified atom stereocenters. The fourth-order valence-corrected chi connectivity index (χ4v) is 3.04. The molecule has 30 heavy (non-hydrogen) atoms. The number of nitrogens with zero attached hydrogens (tertiary/aromatic N) is 1. The zero-order chi connectivity index (χ0) is 23.8. The van der Waals surface area contributed by atoms with Crippen LogP contribution >= 0.6 is 15.9 Å². The van der Waals surface area contributed by atoms with E-state index in [9.17, 15) is 14.4 Å². The van der Waals surface area contributed by atoms with Crippen molar-refractivity contribution >= 4 is 34.1 Å². The molecule has 0 N–H and O–H groups in total. The Morgan fingerprint density at radius 3 is 1.70 bits per heavy atom. The molecule has 0 saturated heterocycles. The van der Waals surface area contributed by atoms with Crippen molar-refractivity contribution in [2.75, 3.05) is 5.33 Å². The topological polar surface area (TPSA) is 82.1 Å². The van der Waals surface area contributed by atoms with Gasteiger partial charge >= 0.3 is 18.2 Å². The van der Waals surface area contributed by atoms with Gasteiger partial charge in [-0.05, 0) is 74.1 Å². The molecule has 0 aromatic carbocycles. The fraction of sp³-hybridized carbons (Fsp3) is 0.864.